The number of hydrogen-bond acceptors (Lipinski definition) is 2. The quantitative estimate of drug-likeness (QED) is 0.120. The highest BCUT2D eigenvalue weighted by Crippen LogP contribution is 2.45. The summed E-state index contributed by atoms with van der Waals surface area (Å²) in [6.07, 6.45) is 5.54. The summed E-state index contributed by atoms with van der Waals surface area (Å²) in [5.74, 6) is 1.23. The minimum atomic E-state index is -0.858. The molecule has 0 saturated carbocycles. The maximum Gasteiger partial charge on any atom is 0.251 e. The molecule has 246 valence electrons. The Bertz CT molecular complexity index is 1870. The maximum absolute atomic E-state index is 7.53. The standard InChI is InChI=1S/C45H44O2P2/c1-3-5-33-45(46-43-35(4-2)20-18-30-41(43)48(37-22-10-6-11-23-37)38-24-12-7-13-25-38)34-32-36-21-19-31-42(44(36)47-45)49(39-26-14-8-15-27-39)40-28-16-9-17-29-40/h6-31H,3-5,32-34H2,1-2H3/t45-/m1/s1. The maximum atomic E-state index is 7.53. The Labute approximate surface area is 294 Å². The molecule has 6 aromatic carbocycles. The van der Waals surface area contributed by atoms with Crippen LogP contribution in [0, 0.1) is 0 Å². The van der Waals surface area contributed by atoms with Crippen molar-refractivity contribution in [1.82, 2.24) is 0 Å². The third-order valence-corrected chi connectivity index (χ3v) is 14.3. The SMILES string of the molecule is CCCC[C@]1(Oc2c(CC)cccc2P(c2ccccc2)c2ccccc2)CCc2cccc(P(c3ccccc3)c3ccccc3)c2O1. The van der Waals surface area contributed by atoms with Gasteiger partial charge in [0.25, 0.3) is 5.79 Å². The van der Waals surface area contributed by atoms with E-state index in [0.29, 0.717) is 0 Å². The van der Waals surface area contributed by atoms with Gasteiger partial charge in [-0.2, -0.15) is 0 Å². The zero-order valence-electron chi connectivity index (χ0n) is 28.5. The van der Waals surface area contributed by atoms with Gasteiger partial charge in [0.05, 0.1) is 0 Å². The molecule has 0 radical (unpaired) electrons. The molecule has 0 amide bonds. The molecule has 0 unspecified atom stereocenters. The molecule has 0 aliphatic carbocycles. The van der Waals surface area contributed by atoms with Crippen LogP contribution in [0.3, 0.4) is 0 Å². The number of rotatable bonds is 12. The molecule has 0 fully saturated rings. The summed E-state index contributed by atoms with van der Waals surface area (Å²) in [4.78, 5) is 0. The molecular weight excluding hydrogens is 634 g/mol. The highest BCUT2D eigenvalue weighted by Gasteiger charge is 2.41. The molecule has 2 nitrogen and oxygen atoms in total. The largest absolute Gasteiger partial charge is 0.451 e. The number of fused-ring (bicyclic) bond motifs is 1. The fraction of sp³-hybridized carbons (Fsp3) is 0.200. The van der Waals surface area contributed by atoms with E-state index in [2.05, 4.69) is 172 Å². The summed E-state index contributed by atoms with van der Waals surface area (Å²) in [6, 6.07) is 57.3. The third kappa shape index (κ3) is 7.23. The number of hydrogen-bond donors (Lipinski definition) is 0. The Morgan fingerprint density at radius 2 is 1.06 bits per heavy atom. The van der Waals surface area contributed by atoms with Crippen LogP contribution in [0.15, 0.2) is 158 Å². The van der Waals surface area contributed by atoms with E-state index in [1.54, 1.807) is 0 Å². The van der Waals surface area contributed by atoms with Gasteiger partial charge < -0.3 is 9.47 Å². The molecule has 0 saturated heterocycles. The normalized spacial score (nSPS) is 15.5. The van der Waals surface area contributed by atoms with Crippen LogP contribution in [0.25, 0.3) is 0 Å². The van der Waals surface area contributed by atoms with Gasteiger partial charge in [0, 0.05) is 23.5 Å². The molecule has 0 N–H and O–H groups in total. The van der Waals surface area contributed by atoms with Gasteiger partial charge >= 0.3 is 0 Å². The van der Waals surface area contributed by atoms with E-state index in [1.807, 2.05) is 0 Å². The molecule has 0 bridgehead atoms. The van der Waals surface area contributed by atoms with E-state index in [4.69, 9.17) is 9.47 Å². The van der Waals surface area contributed by atoms with E-state index in [0.717, 1.165) is 50.0 Å². The average Bonchev–Trinajstić information content (AvgIpc) is 3.17. The van der Waals surface area contributed by atoms with E-state index < -0.39 is 21.6 Å². The van der Waals surface area contributed by atoms with Crippen LogP contribution in [0.5, 0.6) is 11.5 Å². The summed E-state index contributed by atoms with van der Waals surface area (Å²) in [6.45, 7) is 4.50. The first kappa shape index (κ1) is 33.3. The Kier molecular flexibility index (Phi) is 10.6. The van der Waals surface area contributed by atoms with Crippen LogP contribution >= 0.6 is 15.8 Å². The first-order valence-corrected chi connectivity index (χ1v) is 20.3. The fourth-order valence-corrected chi connectivity index (χ4v) is 11.7. The first-order chi connectivity index (χ1) is 24.2. The molecule has 1 aliphatic heterocycles. The number of benzene rings is 6. The molecule has 4 heteroatoms. The van der Waals surface area contributed by atoms with Crippen molar-refractivity contribution in [2.24, 2.45) is 0 Å². The lowest BCUT2D eigenvalue weighted by Gasteiger charge is -2.41. The predicted molar refractivity (Wildman–Crippen MR) is 212 cm³/mol. The number of ether oxygens (including phenoxy) is 2. The van der Waals surface area contributed by atoms with Gasteiger partial charge in [0.2, 0.25) is 0 Å². The molecule has 1 heterocycles. The Morgan fingerprint density at radius 1 is 0.571 bits per heavy atom. The molecule has 6 aromatic rings. The minimum Gasteiger partial charge on any atom is -0.451 e. The van der Waals surface area contributed by atoms with Gasteiger partial charge in [-0.3, -0.25) is 0 Å². The summed E-state index contributed by atoms with van der Waals surface area (Å²) in [5, 5.41) is 7.79. The van der Waals surface area contributed by atoms with Crippen molar-refractivity contribution in [3.63, 3.8) is 0 Å². The van der Waals surface area contributed by atoms with Gasteiger partial charge in [0.1, 0.15) is 11.5 Å². The molecule has 0 aromatic heterocycles. The van der Waals surface area contributed by atoms with Crippen molar-refractivity contribution in [3.05, 3.63) is 169 Å². The van der Waals surface area contributed by atoms with Crippen molar-refractivity contribution in [2.45, 2.75) is 58.2 Å². The van der Waals surface area contributed by atoms with Gasteiger partial charge in [-0.1, -0.05) is 178 Å². The average molecular weight is 679 g/mol. The van der Waals surface area contributed by atoms with Gasteiger partial charge in [0.15, 0.2) is 0 Å². The third-order valence-electron chi connectivity index (χ3n) is 9.33. The Morgan fingerprint density at radius 3 is 1.57 bits per heavy atom. The minimum absolute atomic E-state index is 0.776. The molecule has 0 spiro atoms. The zero-order chi connectivity index (χ0) is 33.5. The van der Waals surface area contributed by atoms with Crippen LogP contribution in [-0.2, 0) is 12.8 Å². The number of aryl methyl sites for hydroxylation is 2. The zero-order valence-corrected chi connectivity index (χ0v) is 30.3. The second-order valence-electron chi connectivity index (χ2n) is 12.6. The second-order valence-corrected chi connectivity index (χ2v) is 17.0. The van der Waals surface area contributed by atoms with Gasteiger partial charge in [-0.05, 0) is 67.5 Å². The number of unbranched alkanes of at least 4 members (excludes halogenated alkanes) is 1. The van der Waals surface area contributed by atoms with E-state index in [9.17, 15) is 0 Å². The lowest BCUT2D eigenvalue weighted by molar-refractivity contribution is -0.133. The Balaban J connectivity index is 1.36. The highest BCUT2D eigenvalue weighted by molar-refractivity contribution is 7.80. The van der Waals surface area contributed by atoms with Crippen molar-refractivity contribution >= 4 is 47.7 Å². The van der Waals surface area contributed by atoms with Crippen molar-refractivity contribution < 1.29 is 9.47 Å². The van der Waals surface area contributed by atoms with Crippen LogP contribution in [0.2, 0.25) is 0 Å². The van der Waals surface area contributed by atoms with Crippen LogP contribution in [-0.4, -0.2) is 5.79 Å². The van der Waals surface area contributed by atoms with Crippen LogP contribution < -0.4 is 41.3 Å². The monoisotopic (exact) mass is 678 g/mol. The molecular formula is C45H44O2P2. The molecule has 49 heavy (non-hydrogen) atoms. The van der Waals surface area contributed by atoms with E-state index in [-0.39, 0.29) is 0 Å². The van der Waals surface area contributed by atoms with E-state index >= 15 is 0 Å². The second kappa shape index (κ2) is 15.6. The lowest BCUT2D eigenvalue weighted by Crippen LogP contribution is -2.47. The Hall–Kier alpha value is -4.22. The lowest BCUT2D eigenvalue weighted by atomic mass is 9.95. The molecule has 7 rings (SSSR count). The topological polar surface area (TPSA) is 18.5 Å². The van der Waals surface area contributed by atoms with Crippen molar-refractivity contribution in [1.29, 1.82) is 0 Å². The highest BCUT2D eigenvalue weighted by atomic mass is 31.1. The molecule has 1 aliphatic rings. The summed E-state index contributed by atoms with van der Waals surface area (Å²) in [7, 11) is -1.70. The summed E-state index contributed by atoms with van der Waals surface area (Å²) < 4.78 is 15.0. The van der Waals surface area contributed by atoms with Gasteiger partial charge in [-0.25, -0.2) is 0 Å². The predicted octanol–water partition coefficient (Wildman–Crippen LogP) is 9.06. The van der Waals surface area contributed by atoms with Crippen molar-refractivity contribution in [3.8, 4) is 11.5 Å². The first-order valence-electron chi connectivity index (χ1n) is 17.6. The summed E-state index contributed by atoms with van der Waals surface area (Å²) in [5.41, 5.74) is 2.50. The smallest absolute Gasteiger partial charge is 0.251 e. The van der Waals surface area contributed by atoms with Crippen molar-refractivity contribution in [2.75, 3.05) is 0 Å². The van der Waals surface area contributed by atoms with Crippen LogP contribution in [0.4, 0.5) is 0 Å². The number of para-hydroxylation sites is 2. The summed E-state index contributed by atoms with van der Waals surface area (Å²) >= 11 is 0. The molecule has 1 atom stereocenters. The van der Waals surface area contributed by atoms with E-state index in [1.165, 1.54) is 43.0 Å². The van der Waals surface area contributed by atoms with Crippen LogP contribution in [0.1, 0.15) is 50.7 Å². The van der Waals surface area contributed by atoms with Gasteiger partial charge in [-0.15, -0.1) is 0 Å². The fourth-order valence-electron chi connectivity index (χ4n) is 6.86.